The standard InChI is InChI=1S/C28H39N5O2S/c34-26(11-4-3-10-25-27-24(20-36-25)32-28(35)33-27)31-18-7-2-1-6-16-29-19-21-12-14-22(15-13-21)23-9-5-8-17-30-23/h5,8-9,12-15,17,24-25,27,29H,1-4,6-7,10-11,16,18-20H2,(H,31,34)(H2,32,33,35)/t24-,25-,27-/m0/s1. The summed E-state index contributed by atoms with van der Waals surface area (Å²) in [5, 5.41) is 13.1. The van der Waals surface area contributed by atoms with Gasteiger partial charge in [-0.25, -0.2) is 4.79 Å². The van der Waals surface area contributed by atoms with Crippen LogP contribution >= 0.6 is 11.8 Å². The van der Waals surface area contributed by atoms with Crippen LogP contribution < -0.4 is 21.3 Å². The molecule has 2 fully saturated rings. The first-order valence-corrected chi connectivity index (χ1v) is 14.4. The third-order valence-corrected chi connectivity index (χ3v) is 8.44. The van der Waals surface area contributed by atoms with Gasteiger partial charge in [0.25, 0.3) is 0 Å². The van der Waals surface area contributed by atoms with Crippen molar-refractivity contribution in [2.45, 2.75) is 75.2 Å². The van der Waals surface area contributed by atoms with Crippen LogP contribution in [0.15, 0.2) is 48.7 Å². The van der Waals surface area contributed by atoms with Crippen molar-refractivity contribution >= 4 is 23.7 Å². The van der Waals surface area contributed by atoms with Crippen LogP contribution in [0.1, 0.15) is 56.9 Å². The average molecular weight is 510 g/mol. The largest absolute Gasteiger partial charge is 0.356 e. The zero-order valence-corrected chi connectivity index (χ0v) is 21.8. The molecule has 4 N–H and O–H groups in total. The van der Waals surface area contributed by atoms with Crippen molar-refractivity contribution in [1.29, 1.82) is 0 Å². The highest BCUT2D eigenvalue weighted by Gasteiger charge is 2.42. The number of urea groups is 1. The number of fused-ring (bicyclic) bond motifs is 1. The number of nitrogens with zero attached hydrogens (tertiary/aromatic N) is 1. The summed E-state index contributed by atoms with van der Waals surface area (Å²) in [6.45, 7) is 2.66. The van der Waals surface area contributed by atoms with Crippen LogP contribution in [0, 0.1) is 0 Å². The molecule has 1 aromatic carbocycles. The number of rotatable bonds is 15. The molecule has 2 aliphatic heterocycles. The molecule has 8 heteroatoms. The maximum atomic E-state index is 12.1. The number of benzene rings is 1. The minimum absolute atomic E-state index is 0.0333. The number of unbranched alkanes of at least 4 members (excludes halogenated alkanes) is 4. The second-order valence-electron chi connectivity index (χ2n) is 9.72. The van der Waals surface area contributed by atoms with E-state index in [0.29, 0.717) is 11.7 Å². The van der Waals surface area contributed by atoms with Crippen molar-refractivity contribution in [1.82, 2.24) is 26.3 Å². The number of pyridine rings is 1. The van der Waals surface area contributed by atoms with Crippen molar-refractivity contribution in [3.8, 4) is 11.3 Å². The number of amides is 3. The van der Waals surface area contributed by atoms with E-state index in [4.69, 9.17) is 0 Å². The molecule has 3 heterocycles. The number of hydrogen-bond donors (Lipinski definition) is 4. The van der Waals surface area contributed by atoms with Crippen molar-refractivity contribution in [2.24, 2.45) is 0 Å². The van der Waals surface area contributed by atoms with Gasteiger partial charge in [-0.15, -0.1) is 0 Å². The molecule has 2 aromatic rings. The quantitative estimate of drug-likeness (QED) is 0.213. The third-order valence-electron chi connectivity index (χ3n) is 6.93. The van der Waals surface area contributed by atoms with E-state index in [1.54, 1.807) is 0 Å². The van der Waals surface area contributed by atoms with E-state index in [0.717, 1.165) is 75.2 Å². The molecule has 2 aliphatic rings. The minimum atomic E-state index is -0.0333. The number of nitrogens with one attached hydrogen (secondary N) is 4. The number of thioether (sulfide) groups is 1. The van der Waals surface area contributed by atoms with Gasteiger partial charge in [-0.05, 0) is 49.9 Å². The summed E-state index contributed by atoms with van der Waals surface area (Å²) in [6.07, 6.45) is 9.93. The Kier molecular flexibility index (Phi) is 10.5. The fourth-order valence-electron chi connectivity index (χ4n) is 4.88. The van der Waals surface area contributed by atoms with E-state index < -0.39 is 0 Å². The van der Waals surface area contributed by atoms with Crippen LogP contribution in [0.3, 0.4) is 0 Å². The highest BCUT2D eigenvalue weighted by atomic mass is 32.2. The molecule has 0 unspecified atom stereocenters. The maximum absolute atomic E-state index is 12.1. The first kappa shape index (κ1) is 26.5. The molecule has 0 radical (unpaired) electrons. The van der Waals surface area contributed by atoms with E-state index in [1.807, 2.05) is 36.2 Å². The number of carbonyl (C=O) groups excluding carboxylic acids is 2. The molecule has 0 spiro atoms. The fourth-order valence-corrected chi connectivity index (χ4v) is 6.42. The lowest BCUT2D eigenvalue weighted by Gasteiger charge is -2.16. The second kappa shape index (κ2) is 14.2. The topological polar surface area (TPSA) is 95.2 Å². The zero-order valence-electron chi connectivity index (χ0n) is 21.0. The summed E-state index contributed by atoms with van der Waals surface area (Å²) in [5.74, 6) is 1.16. The maximum Gasteiger partial charge on any atom is 0.315 e. The Morgan fingerprint density at radius 2 is 1.81 bits per heavy atom. The average Bonchev–Trinajstić information content (AvgIpc) is 3.45. The van der Waals surface area contributed by atoms with Gasteiger partial charge in [0.2, 0.25) is 5.91 Å². The van der Waals surface area contributed by atoms with Gasteiger partial charge in [0.05, 0.1) is 17.8 Å². The first-order chi connectivity index (χ1) is 17.7. The summed E-state index contributed by atoms with van der Waals surface area (Å²) in [4.78, 5) is 27.9. The van der Waals surface area contributed by atoms with Crippen LogP contribution in [-0.2, 0) is 11.3 Å². The van der Waals surface area contributed by atoms with Gasteiger partial charge in [-0.2, -0.15) is 11.8 Å². The van der Waals surface area contributed by atoms with E-state index in [1.165, 1.54) is 12.0 Å². The number of carbonyl (C=O) groups is 2. The molecule has 1 aromatic heterocycles. The van der Waals surface area contributed by atoms with Crippen LogP contribution in [0.25, 0.3) is 11.3 Å². The van der Waals surface area contributed by atoms with Gasteiger partial charge >= 0.3 is 6.03 Å². The van der Waals surface area contributed by atoms with Crippen LogP contribution in [-0.4, -0.2) is 53.1 Å². The zero-order chi connectivity index (χ0) is 25.0. The summed E-state index contributed by atoms with van der Waals surface area (Å²) < 4.78 is 0. The smallest absolute Gasteiger partial charge is 0.315 e. The molecule has 3 amide bonds. The summed E-state index contributed by atoms with van der Waals surface area (Å²) in [7, 11) is 0. The van der Waals surface area contributed by atoms with Gasteiger partial charge in [0.1, 0.15) is 0 Å². The van der Waals surface area contributed by atoms with Crippen molar-refractivity contribution < 1.29 is 9.59 Å². The molecule has 36 heavy (non-hydrogen) atoms. The Labute approximate surface area is 219 Å². The van der Waals surface area contributed by atoms with E-state index >= 15 is 0 Å². The summed E-state index contributed by atoms with van der Waals surface area (Å²) in [5.41, 5.74) is 3.43. The minimum Gasteiger partial charge on any atom is -0.356 e. The number of aromatic nitrogens is 1. The lowest BCUT2D eigenvalue weighted by atomic mass is 10.0. The number of hydrogen-bond acceptors (Lipinski definition) is 5. The lowest BCUT2D eigenvalue weighted by Crippen LogP contribution is -2.36. The predicted molar refractivity (Wildman–Crippen MR) is 147 cm³/mol. The van der Waals surface area contributed by atoms with Gasteiger partial charge in [-0.1, -0.05) is 49.6 Å². The molecule has 0 aliphatic carbocycles. The van der Waals surface area contributed by atoms with Crippen molar-refractivity contribution in [3.05, 3.63) is 54.2 Å². The highest BCUT2D eigenvalue weighted by molar-refractivity contribution is 8.00. The Balaban J connectivity index is 0.946. The highest BCUT2D eigenvalue weighted by Crippen LogP contribution is 2.33. The molecule has 2 saturated heterocycles. The Bertz CT molecular complexity index is 956. The SMILES string of the molecule is O=C(CCCC[C@@H]1SC[C@@H]2NC(=O)N[C@@H]21)NCCCCCCNCc1ccc(-c2ccccn2)cc1. The lowest BCUT2D eigenvalue weighted by molar-refractivity contribution is -0.121. The molecular weight excluding hydrogens is 470 g/mol. The van der Waals surface area contributed by atoms with Crippen molar-refractivity contribution in [2.75, 3.05) is 18.8 Å². The molecule has 4 rings (SSSR count). The molecule has 3 atom stereocenters. The molecule has 7 nitrogen and oxygen atoms in total. The Hall–Kier alpha value is -2.58. The van der Waals surface area contributed by atoms with Crippen molar-refractivity contribution in [3.63, 3.8) is 0 Å². The van der Waals surface area contributed by atoms with E-state index in [2.05, 4.69) is 50.5 Å². The Morgan fingerprint density at radius 3 is 2.61 bits per heavy atom. The first-order valence-electron chi connectivity index (χ1n) is 13.4. The van der Waals surface area contributed by atoms with Crippen LogP contribution in [0.4, 0.5) is 4.79 Å². The predicted octanol–water partition coefficient (Wildman–Crippen LogP) is 4.24. The monoisotopic (exact) mass is 509 g/mol. The molecule has 194 valence electrons. The van der Waals surface area contributed by atoms with Gasteiger partial charge in [-0.3, -0.25) is 9.78 Å². The normalized spacial score (nSPS) is 20.6. The van der Waals surface area contributed by atoms with Crippen LogP contribution in [0.2, 0.25) is 0 Å². The van der Waals surface area contributed by atoms with Crippen LogP contribution in [0.5, 0.6) is 0 Å². The fraction of sp³-hybridized carbons (Fsp3) is 0.536. The molecular formula is C28H39N5O2S. The van der Waals surface area contributed by atoms with E-state index in [-0.39, 0.29) is 24.0 Å². The third kappa shape index (κ3) is 8.23. The van der Waals surface area contributed by atoms with Gasteiger partial charge < -0.3 is 21.3 Å². The Morgan fingerprint density at radius 1 is 0.972 bits per heavy atom. The summed E-state index contributed by atoms with van der Waals surface area (Å²) >= 11 is 1.94. The second-order valence-corrected chi connectivity index (χ2v) is 11.0. The van der Waals surface area contributed by atoms with Gasteiger partial charge in [0.15, 0.2) is 0 Å². The molecule has 0 saturated carbocycles. The summed E-state index contributed by atoms with van der Waals surface area (Å²) in [6, 6.07) is 15.1. The van der Waals surface area contributed by atoms with E-state index in [9.17, 15) is 9.59 Å². The molecule has 0 bridgehead atoms. The van der Waals surface area contributed by atoms with Gasteiger partial charge in [0, 0.05) is 42.3 Å².